The molecular formula is C17H28N2O2. The van der Waals surface area contributed by atoms with Crippen molar-refractivity contribution in [2.45, 2.75) is 72.3 Å². The number of carbonyl (C=O) groups is 1. The van der Waals surface area contributed by atoms with Crippen molar-refractivity contribution in [2.75, 3.05) is 6.54 Å². The van der Waals surface area contributed by atoms with Gasteiger partial charge in [0.1, 0.15) is 0 Å². The second-order valence-electron chi connectivity index (χ2n) is 8.11. The van der Waals surface area contributed by atoms with E-state index in [4.69, 9.17) is 0 Å². The highest BCUT2D eigenvalue weighted by atomic mass is 16.4. The zero-order valence-corrected chi connectivity index (χ0v) is 13.8. The van der Waals surface area contributed by atoms with Crippen molar-refractivity contribution in [1.82, 2.24) is 4.90 Å². The molecule has 0 radical (unpaired) electrons. The minimum absolute atomic E-state index is 0.142. The van der Waals surface area contributed by atoms with E-state index >= 15 is 0 Å². The Labute approximate surface area is 127 Å². The summed E-state index contributed by atoms with van der Waals surface area (Å²) in [4.78, 5) is 15.5. The van der Waals surface area contributed by atoms with Gasteiger partial charge in [-0.3, -0.25) is 4.79 Å². The lowest BCUT2D eigenvalue weighted by atomic mass is 9.64. The zero-order valence-electron chi connectivity index (χ0n) is 13.8. The molecule has 1 saturated heterocycles. The quantitative estimate of drug-likeness (QED) is 0.594. The lowest BCUT2D eigenvalue weighted by molar-refractivity contribution is -0.151. The number of likely N-dealkylation sites (tertiary alicyclic amines) is 1. The molecule has 0 aromatic rings. The molecule has 1 aliphatic heterocycles. The molecule has 2 saturated carbocycles. The maximum Gasteiger partial charge on any atom is 0.229 e. The molecule has 2 bridgehead atoms. The lowest BCUT2D eigenvalue weighted by Gasteiger charge is -2.44. The fourth-order valence-corrected chi connectivity index (χ4v) is 5.18. The largest absolute Gasteiger partial charge is 0.411 e. The molecule has 1 N–H and O–H groups in total. The highest BCUT2D eigenvalue weighted by Crippen LogP contribution is 2.71. The molecule has 1 heterocycles. The fraction of sp³-hybridized carbons (Fsp3) is 0.882. The summed E-state index contributed by atoms with van der Waals surface area (Å²) in [5.41, 5.74) is 0.179. The van der Waals surface area contributed by atoms with Crippen LogP contribution >= 0.6 is 0 Å². The summed E-state index contributed by atoms with van der Waals surface area (Å²) < 4.78 is 0. The lowest BCUT2D eigenvalue weighted by Crippen LogP contribution is -2.52. The van der Waals surface area contributed by atoms with Crippen LogP contribution in [0.15, 0.2) is 5.16 Å². The van der Waals surface area contributed by atoms with E-state index < -0.39 is 0 Å². The number of hydrogen-bond acceptors (Lipinski definition) is 3. The van der Waals surface area contributed by atoms with Crippen molar-refractivity contribution >= 4 is 11.6 Å². The fourth-order valence-electron chi connectivity index (χ4n) is 5.18. The highest BCUT2D eigenvalue weighted by molar-refractivity contribution is 6.02. The summed E-state index contributed by atoms with van der Waals surface area (Å²) in [6.07, 6.45) is 5.97. The maximum absolute atomic E-state index is 13.4. The van der Waals surface area contributed by atoms with Crippen LogP contribution in [0.4, 0.5) is 0 Å². The predicted octanol–water partition coefficient (Wildman–Crippen LogP) is 3.43. The van der Waals surface area contributed by atoms with E-state index in [-0.39, 0.29) is 16.2 Å². The van der Waals surface area contributed by atoms with Crippen LogP contribution in [-0.4, -0.2) is 34.3 Å². The number of oxime groups is 1. The first-order valence-electron chi connectivity index (χ1n) is 8.33. The normalized spacial score (nSPS) is 43.5. The van der Waals surface area contributed by atoms with Gasteiger partial charge in [0.05, 0.1) is 11.1 Å². The molecule has 0 spiro atoms. The van der Waals surface area contributed by atoms with Crippen molar-refractivity contribution in [3.05, 3.63) is 0 Å². The molecule has 3 unspecified atom stereocenters. The number of hydrogen-bond donors (Lipinski definition) is 1. The molecular weight excluding hydrogens is 264 g/mol. The maximum atomic E-state index is 13.4. The van der Waals surface area contributed by atoms with Gasteiger partial charge < -0.3 is 10.1 Å². The highest BCUT2D eigenvalue weighted by Gasteiger charge is 2.72. The van der Waals surface area contributed by atoms with Gasteiger partial charge in [0.15, 0.2) is 0 Å². The van der Waals surface area contributed by atoms with Crippen LogP contribution in [0, 0.1) is 16.2 Å². The van der Waals surface area contributed by atoms with Crippen LogP contribution in [0.25, 0.3) is 0 Å². The van der Waals surface area contributed by atoms with Crippen LogP contribution in [0.3, 0.4) is 0 Å². The predicted molar refractivity (Wildman–Crippen MR) is 82.4 cm³/mol. The number of rotatable bonds is 1. The third kappa shape index (κ3) is 1.62. The summed E-state index contributed by atoms with van der Waals surface area (Å²) in [6.45, 7) is 9.63. The number of nitrogens with zero attached hydrogens (tertiary/aromatic N) is 2. The first-order chi connectivity index (χ1) is 9.80. The minimum Gasteiger partial charge on any atom is -0.411 e. The van der Waals surface area contributed by atoms with Gasteiger partial charge >= 0.3 is 0 Å². The molecule has 0 aromatic heterocycles. The average molecular weight is 292 g/mol. The molecule has 0 aromatic carbocycles. The standard InChI is InChI=1S/C17H28N2O2/c1-12-7-5-6-10-19(12)14(20)17-9-8-16(4,15(17,2)3)13(11-17)18-21/h12,21H,5-11H2,1-4H3. The van der Waals surface area contributed by atoms with Crippen molar-refractivity contribution < 1.29 is 10.0 Å². The molecule has 2 aliphatic carbocycles. The summed E-state index contributed by atoms with van der Waals surface area (Å²) in [6, 6.07) is 0.346. The molecule has 4 nitrogen and oxygen atoms in total. The van der Waals surface area contributed by atoms with Gasteiger partial charge in [-0.15, -0.1) is 0 Å². The van der Waals surface area contributed by atoms with Crippen LogP contribution in [0.1, 0.15) is 66.2 Å². The van der Waals surface area contributed by atoms with Gasteiger partial charge in [0, 0.05) is 24.4 Å². The third-order valence-electron chi connectivity index (χ3n) is 7.33. The zero-order chi connectivity index (χ0) is 15.5. The SMILES string of the molecule is CC1CCCCN1C(=O)C12CCC(C)(C(=NO)C1)C2(C)C. The summed E-state index contributed by atoms with van der Waals surface area (Å²) in [7, 11) is 0. The molecule has 3 aliphatic rings. The molecule has 21 heavy (non-hydrogen) atoms. The van der Waals surface area contributed by atoms with E-state index in [0.717, 1.165) is 37.9 Å². The monoisotopic (exact) mass is 292 g/mol. The summed E-state index contributed by atoms with van der Waals surface area (Å²) >= 11 is 0. The Morgan fingerprint density at radius 3 is 2.57 bits per heavy atom. The molecule has 3 fully saturated rings. The third-order valence-corrected chi connectivity index (χ3v) is 7.33. The Bertz CT molecular complexity index is 499. The topological polar surface area (TPSA) is 52.9 Å². The Morgan fingerprint density at radius 1 is 1.29 bits per heavy atom. The Hall–Kier alpha value is -1.06. The van der Waals surface area contributed by atoms with Gasteiger partial charge in [-0.05, 0) is 44.4 Å². The van der Waals surface area contributed by atoms with E-state index in [1.807, 2.05) is 0 Å². The first-order valence-corrected chi connectivity index (χ1v) is 8.33. The smallest absolute Gasteiger partial charge is 0.229 e. The van der Waals surface area contributed by atoms with E-state index in [9.17, 15) is 10.0 Å². The summed E-state index contributed by atoms with van der Waals surface area (Å²) in [5.74, 6) is 0.307. The Morgan fingerprint density at radius 2 is 2.00 bits per heavy atom. The minimum atomic E-state index is -0.366. The van der Waals surface area contributed by atoms with E-state index in [0.29, 0.717) is 18.4 Å². The first kappa shape index (κ1) is 14.9. The van der Waals surface area contributed by atoms with Crippen molar-refractivity contribution in [1.29, 1.82) is 0 Å². The van der Waals surface area contributed by atoms with Crippen LogP contribution in [0.2, 0.25) is 0 Å². The van der Waals surface area contributed by atoms with Crippen LogP contribution in [-0.2, 0) is 4.79 Å². The van der Waals surface area contributed by atoms with Gasteiger partial charge in [-0.25, -0.2) is 0 Å². The number of carbonyl (C=O) groups excluding carboxylic acids is 1. The Kier molecular flexibility index (Phi) is 3.16. The second kappa shape index (κ2) is 4.47. The van der Waals surface area contributed by atoms with Crippen LogP contribution in [0.5, 0.6) is 0 Å². The molecule has 118 valence electrons. The van der Waals surface area contributed by atoms with Gasteiger partial charge in [0.2, 0.25) is 5.91 Å². The van der Waals surface area contributed by atoms with Crippen LogP contribution < -0.4 is 0 Å². The number of fused-ring (bicyclic) bond motifs is 2. The van der Waals surface area contributed by atoms with Crippen molar-refractivity contribution in [3.63, 3.8) is 0 Å². The van der Waals surface area contributed by atoms with Gasteiger partial charge in [0.25, 0.3) is 0 Å². The molecule has 3 rings (SSSR count). The second-order valence-corrected chi connectivity index (χ2v) is 8.11. The van der Waals surface area contributed by atoms with E-state index in [1.54, 1.807) is 0 Å². The van der Waals surface area contributed by atoms with Gasteiger partial charge in [-0.1, -0.05) is 25.9 Å². The number of piperidine rings is 1. The average Bonchev–Trinajstić information content (AvgIpc) is 2.76. The molecule has 3 atom stereocenters. The van der Waals surface area contributed by atoms with Crippen molar-refractivity contribution in [2.24, 2.45) is 21.4 Å². The van der Waals surface area contributed by atoms with Crippen molar-refractivity contribution in [3.8, 4) is 0 Å². The Balaban J connectivity index is 1.99. The van der Waals surface area contributed by atoms with E-state index in [1.165, 1.54) is 6.42 Å². The molecule has 1 amide bonds. The summed E-state index contributed by atoms with van der Waals surface area (Å²) in [5, 5.41) is 13.0. The molecule has 4 heteroatoms. The number of amides is 1. The van der Waals surface area contributed by atoms with Gasteiger partial charge in [-0.2, -0.15) is 0 Å². The van der Waals surface area contributed by atoms with E-state index in [2.05, 4.69) is 37.8 Å².